The van der Waals surface area contributed by atoms with Crippen LogP contribution in [0.1, 0.15) is 31.1 Å². The monoisotopic (exact) mass is 472 g/mol. The zero-order valence-corrected chi connectivity index (χ0v) is 20.5. The molecular formula is C25H33ClN4O3. The van der Waals surface area contributed by atoms with Crippen LogP contribution in [-0.4, -0.2) is 57.0 Å². The van der Waals surface area contributed by atoms with Gasteiger partial charge in [-0.25, -0.2) is 0 Å². The van der Waals surface area contributed by atoms with E-state index in [2.05, 4.69) is 40.3 Å². The third-order valence-electron chi connectivity index (χ3n) is 5.59. The molecule has 1 aliphatic heterocycles. The molecule has 3 rings (SSSR count). The van der Waals surface area contributed by atoms with E-state index in [1.54, 1.807) is 20.1 Å². The van der Waals surface area contributed by atoms with Crippen molar-refractivity contribution in [1.29, 1.82) is 0 Å². The van der Waals surface area contributed by atoms with Gasteiger partial charge in [0.05, 0.1) is 18.4 Å². The molecule has 1 saturated heterocycles. The fraction of sp³-hybridized carbons (Fsp3) is 0.440. The van der Waals surface area contributed by atoms with Crippen molar-refractivity contribution in [2.24, 2.45) is 5.92 Å². The summed E-state index contributed by atoms with van der Waals surface area (Å²) in [5.41, 5.74) is 3.02. The maximum absolute atomic E-state index is 13.1. The van der Waals surface area contributed by atoms with Gasteiger partial charge >= 0.3 is 0 Å². The summed E-state index contributed by atoms with van der Waals surface area (Å²) in [5.74, 6) is 0.736. The Hall–Kier alpha value is -2.93. The minimum Gasteiger partial charge on any atom is -0.495 e. The molecule has 178 valence electrons. The van der Waals surface area contributed by atoms with Crippen LogP contribution in [0.4, 0.5) is 17.1 Å². The summed E-state index contributed by atoms with van der Waals surface area (Å²) in [6.07, 6.45) is 0. The van der Waals surface area contributed by atoms with Crippen molar-refractivity contribution in [3.8, 4) is 5.75 Å². The Labute approximate surface area is 201 Å². The lowest BCUT2D eigenvalue weighted by Gasteiger charge is -2.38. The normalized spacial score (nSPS) is 14.7. The predicted octanol–water partition coefficient (Wildman–Crippen LogP) is 3.97. The van der Waals surface area contributed by atoms with Crippen molar-refractivity contribution in [3.63, 3.8) is 0 Å². The smallest absolute Gasteiger partial charge is 0.253 e. The number of para-hydroxylation sites is 2. The number of carbonyl (C=O) groups is 2. The molecule has 2 N–H and O–H groups in total. The first-order valence-corrected chi connectivity index (χ1v) is 11.7. The second-order valence-electron chi connectivity index (χ2n) is 8.59. The second-order valence-corrected chi connectivity index (χ2v) is 9.24. The van der Waals surface area contributed by atoms with Gasteiger partial charge in [-0.05, 0) is 43.2 Å². The highest BCUT2D eigenvalue weighted by atomic mass is 35.5. The molecule has 0 saturated carbocycles. The molecule has 1 unspecified atom stereocenters. The zero-order valence-electron chi connectivity index (χ0n) is 19.7. The summed E-state index contributed by atoms with van der Waals surface area (Å²) < 4.78 is 5.52. The van der Waals surface area contributed by atoms with E-state index in [1.807, 2.05) is 30.3 Å². The summed E-state index contributed by atoms with van der Waals surface area (Å²) in [6.45, 7) is 9.41. The molecule has 1 aliphatic rings. The lowest BCUT2D eigenvalue weighted by atomic mass is 10.1. The zero-order chi connectivity index (χ0) is 24.0. The molecule has 2 amide bonds. The highest BCUT2D eigenvalue weighted by Gasteiger charge is 2.24. The molecule has 0 aromatic heterocycles. The van der Waals surface area contributed by atoms with E-state index in [0.717, 1.165) is 43.3 Å². The van der Waals surface area contributed by atoms with Crippen LogP contribution >= 0.6 is 11.6 Å². The van der Waals surface area contributed by atoms with Gasteiger partial charge in [0.2, 0.25) is 5.91 Å². The van der Waals surface area contributed by atoms with E-state index in [-0.39, 0.29) is 11.8 Å². The number of methoxy groups -OCH3 is 1. The van der Waals surface area contributed by atoms with Crippen LogP contribution in [0.3, 0.4) is 0 Å². The summed E-state index contributed by atoms with van der Waals surface area (Å²) in [5, 5.41) is 5.12. The van der Waals surface area contributed by atoms with Crippen molar-refractivity contribution >= 4 is 40.5 Å². The molecule has 1 heterocycles. The van der Waals surface area contributed by atoms with Crippen molar-refractivity contribution in [2.75, 3.05) is 55.0 Å². The van der Waals surface area contributed by atoms with E-state index < -0.39 is 5.38 Å². The van der Waals surface area contributed by atoms with E-state index >= 15 is 0 Å². The molecule has 2 aromatic carbocycles. The number of amides is 2. The highest BCUT2D eigenvalue weighted by Crippen LogP contribution is 2.31. The van der Waals surface area contributed by atoms with Crippen molar-refractivity contribution in [1.82, 2.24) is 5.32 Å². The van der Waals surface area contributed by atoms with Crippen LogP contribution in [0.25, 0.3) is 0 Å². The molecule has 7 nitrogen and oxygen atoms in total. The van der Waals surface area contributed by atoms with Gasteiger partial charge < -0.3 is 25.2 Å². The average molecular weight is 473 g/mol. The van der Waals surface area contributed by atoms with Crippen LogP contribution in [0.15, 0.2) is 42.5 Å². The number of ether oxygens (including phenoxy) is 1. The Morgan fingerprint density at radius 3 is 2.24 bits per heavy atom. The predicted molar refractivity (Wildman–Crippen MR) is 135 cm³/mol. The van der Waals surface area contributed by atoms with E-state index in [9.17, 15) is 9.59 Å². The number of rotatable bonds is 8. The molecule has 0 bridgehead atoms. The molecule has 1 atom stereocenters. The summed E-state index contributed by atoms with van der Waals surface area (Å²) in [7, 11) is 1.68. The van der Waals surface area contributed by atoms with E-state index in [0.29, 0.717) is 23.7 Å². The lowest BCUT2D eigenvalue weighted by Crippen LogP contribution is -2.47. The minimum atomic E-state index is -0.661. The Bertz CT molecular complexity index is 972. The molecule has 8 heteroatoms. The highest BCUT2D eigenvalue weighted by molar-refractivity contribution is 6.32. The maximum Gasteiger partial charge on any atom is 0.253 e. The number of piperazine rings is 1. The molecule has 1 fully saturated rings. The first-order valence-electron chi connectivity index (χ1n) is 11.3. The number of hydrogen-bond acceptors (Lipinski definition) is 5. The van der Waals surface area contributed by atoms with Gasteiger partial charge in [0, 0.05) is 44.1 Å². The largest absolute Gasteiger partial charge is 0.495 e. The summed E-state index contributed by atoms with van der Waals surface area (Å²) in [6, 6.07) is 13.5. The fourth-order valence-corrected chi connectivity index (χ4v) is 3.84. The van der Waals surface area contributed by atoms with Crippen molar-refractivity contribution in [2.45, 2.75) is 26.1 Å². The lowest BCUT2D eigenvalue weighted by molar-refractivity contribution is -0.115. The SMILES string of the molecule is COc1ccccc1N1CCN(c2ccc(NC(=O)C(C)Cl)cc2C(=O)NCC(C)C)CC1. The van der Waals surface area contributed by atoms with Crippen LogP contribution in [-0.2, 0) is 4.79 Å². The Balaban J connectivity index is 1.81. The Morgan fingerprint density at radius 1 is 1.00 bits per heavy atom. The van der Waals surface area contributed by atoms with E-state index in [4.69, 9.17) is 16.3 Å². The number of hydrogen-bond donors (Lipinski definition) is 2. The van der Waals surface area contributed by atoms with Gasteiger partial charge in [-0.3, -0.25) is 9.59 Å². The first kappa shape index (κ1) is 24.7. The van der Waals surface area contributed by atoms with Crippen LogP contribution in [0.2, 0.25) is 0 Å². The van der Waals surface area contributed by atoms with E-state index in [1.165, 1.54) is 0 Å². The number of benzene rings is 2. The van der Waals surface area contributed by atoms with Crippen LogP contribution in [0, 0.1) is 5.92 Å². The number of carbonyl (C=O) groups excluding carboxylic acids is 2. The number of nitrogens with one attached hydrogen (secondary N) is 2. The average Bonchev–Trinajstić information content (AvgIpc) is 2.82. The standard InChI is InChI=1S/C25H33ClN4O3/c1-17(2)16-27-25(32)20-15-19(28-24(31)18(3)26)9-10-21(20)29-11-13-30(14-12-29)22-7-5-6-8-23(22)33-4/h5-10,15,17-18H,11-14,16H2,1-4H3,(H,27,32)(H,28,31). The topological polar surface area (TPSA) is 73.9 Å². The fourth-order valence-electron chi connectivity index (χ4n) is 3.78. The van der Waals surface area contributed by atoms with Crippen LogP contribution < -0.4 is 25.2 Å². The molecule has 0 spiro atoms. The van der Waals surface area contributed by atoms with Gasteiger partial charge in [0.1, 0.15) is 11.1 Å². The maximum atomic E-state index is 13.1. The molecule has 2 aromatic rings. The summed E-state index contributed by atoms with van der Waals surface area (Å²) in [4.78, 5) is 29.6. The first-order chi connectivity index (χ1) is 15.8. The van der Waals surface area contributed by atoms with Crippen molar-refractivity contribution < 1.29 is 14.3 Å². The minimum absolute atomic E-state index is 0.152. The quantitative estimate of drug-likeness (QED) is 0.568. The van der Waals surface area contributed by atoms with Gasteiger partial charge in [-0.2, -0.15) is 0 Å². The van der Waals surface area contributed by atoms with Crippen molar-refractivity contribution in [3.05, 3.63) is 48.0 Å². The molecular weight excluding hydrogens is 440 g/mol. The van der Waals surface area contributed by atoms with Crippen LogP contribution in [0.5, 0.6) is 5.75 Å². The number of halogens is 1. The third-order valence-corrected chi connectivity index (χ3v) is 5.79. The number of anilines is 3. The van der Waals surface area contributed by atoms with Gasteiger partial charge in [-0.15, -0.1) is 11.6 Å². The number of alkyl halides is 1. The Kier molecular flexibility index (Phi) is 8.44. The molecule has 0 radical (unpaired) electrons. The van der Waals surface area contributed by atoms with Gasteiger partial charge in [0.15, 0.2) is 0 Å². The number of nitrogens with zero attached hydrogens (tertiary/aromatic N) is 2. The molecule has 0 aliphatic carbocycles. The van der Waals surface area contributed by atoms with Gasteiger partial charge in [-0.1, -0.05) is 26.0 Å². The molecule has 33 heavy (non-hydrogen) atoms. The Morgan fingerprint density at radius 2 is 1.64 bits per heavy atom. The summed E-state index contributed by atoms with van der Waals surface area (Å²) >= 11 is 5.89. The third kappa shape index (κ3) is 6.32. The van der Waals surface area contributed by atoms with Gasteiger partial charge in [0.25, 0.3) is 5.91 Å². The second kappa shape index (κ2) is 11.3.